The zero-order chi connectivity index (χ0) is 15.4. The summed E-state index contributed by atoms with van der Waals surface area (Å²) in [5, 5.41) is 0. The van der Waals surface area contributed by atoms with Gasteiger partial charge in [-0.3, -0.25) is 4.79 Å². The molecule has 2 aromatic rings. The Morgan fingerprint density at radius 2 is 1.90 bits per heavy atom. The molecule has 0 atom stereocenters. The number of amides is 1. The van der Waals surface area contributed by atoms with Crippen molar-refractivity contribution in [2.45, 2.75) is 11.4 Å². The van der Waals surface area contributed by atoms with E-state index < -0.39 is 0 Å². The summed E-state index contributed by atoms with van der Waals surface area (Å²) in [5.41, 5.74) is 8.09. The number of carbonyl (C=O) groups is 1. The van der Waals surface area contributed by atoms with E-state index >= 15 is 0 Å². The fraction of sp³-hybridized carbons (Fsp3) is 0.188. The van der Waals surface area contributed by atoms with Gasteiger partial charge in [0.15, 0.2) is 0 Å². The van der Waals surface area contributed by atoms with Crippen LogP contribution in [0.25, 0.3) is 0 Å². The van der Waals surface area contributed by atoms with Crippen molar-refractivity contribution in [3.05, 3.63) is 58.1 Å². The maximum absolute atomic E-state index is 12.4. The fourth-order valence-electron chi connectivity index (χ4n) is 1.97. The minimum absolute atomic E-state index is 0.0388. The van der Waals surface area contributed by atoms with Gasteiger partial charge < -0.3 is 10.6 Å². The molecule has 21 heavy (non-hydrogen) atoms. The smallest absolute Gasteiger partial charge is 0.253 e. The molecule has 0 saturated heterocycles. The van der Waals surface area contributed by atoms with E-state index in [9.17, 15) is 4.79 Å². The van der Waals surface area contributed by atoms with E-state index in [1.807, 2.05) is 18.4 Å². The Morgan fingerprint density at radius 1 is 1.24 bits per heavy atom. The third-order valence-corrected chi connectivity index (χ3v) is 4.63. The van der Waals surface area contributed by atoms with Crippen LogP contribution in [0.5, 0.6) is 0 Å². The summed E-state index contributed by atoms with van der Waals surface area (Å²) >= 11 is 5.03. The lowest BCUT2D eigenvalue weighted by Gasteiger charge is -2.18. The first-order chi connectivity index (χ1) is 10.0. The van der Waals surface area contributed by atoms with Gasteiger partial charge in [-0.15, -0.1) is 11.8 Å². The van der Waals surface area contributed by atoms with Crippen LogP contribution < -0.4 is 5.73 Å². The molecule has 0 fully saturated rings. The number of anilines is 1. The normalized spacial score (nSPS) is 10.4. The highest BCUT2D eigenvalue weighted by atomic mass is 79.9. The first kappa shape index (κ1) is 15.9. The first-order valence-corrected chi connectivity index (χ1v) is 8.46. The van der Waals surface area contributed by atoms with Crippen molar-refractivity contribution in [1.82, 2.24) is 4.90 Å². The van der Waals surface area contributed by atoms with Gasteiger partial charge in [0.1, 0.15) is 0 Å². The van der Waals surface area contributed by atoms with Crippen LogP contribution in [0.15, 0.2) is 51.8 Å². The zero-order valence-electron chi connectivity index (χ0n) is 12.0. The molecule has 0 unspecified atom stereocenters. The molecule has 2 rings (SSSR count). The number of hydrogen-bond acceptors (Lipinski definition) is 3. The standard InChI is InChI=1S/C16H17BrN2OS/c1-19(10-11-3-6-13(21-2)7-4-11)16(20)12-5-8-14(17)15(18)9-12/h3-9H,10,18H2,1-2H3. The molecule has 2 N–H and O–H groups in total. The minimum Gasteiger partial charge on any atom is -0.398 e. The molecule has 110 valence electrons. The Bertz CT molecular complexity index is 643. The first-order valence-electron chi connectivity index (χ1n) is 6.44. The van der Waals surface area contributed by atoms with Gasteiger partial charge >= 0.3 is 0 Å². The molecule has 0 bridgehead atoms. The third kappa shape index (κ3) is 4.02. The molecule has 0 aliphatic rings. The minimum atomic E-state index is -0.0388. The van der Waals surface area contributed by atoms with Crippen LogP contribution in [0.4, 0.5) is 5.69 Å². The number of hydrogen-bond donors (Lipinski definition) is 1. The summed E-state index contributed by atoms with van der Waals surface area (Å²) in [5.74, 6) is -0.0388. The van der Waals surface area contributed by atoms with Crippen molar-refractivity contribution in [2.24, 2.45) is 0 Å². The maximum Gasteiger partial charge on any atom is 0.253 e. The monoisotopic (exact) mass is 364 g/mol. The lowest BCUT2D eigenvalue weighted by molar-refractivity contribution is 0.0785. The molecule has 0 spiro atoms. The Labute approximate surface area is 137 Å². The summed E-state index contributed by atoms with van der Waals surface area (Å²) in [6.07, 6.45) is 2.04. The van der Waals surface area contributed by atoms with Gasteiger partial charge in [-0.25, -0.2) is 0 Å². The van der Waals surface area contributed by atoms with Gasteiger partial charge in [0.2, 0.25) is 0 Å². The maximum atomic E-state index is 12.4. The van der Waals surface area contributed by atoms with Crippen LogP contribution in [0.3, 0.4) is 0 Å². The van der Waals surface area contributed by atoms with E-state index in [0.29, 0.717) is 17.8 Å². The van der Waals surface area contributed by atoms with E-state index in [1.165, 1.54) is 4.90 Å². The number of rotatable bonds is 4. The van der Waals surface area contributed by atoms with Gasteiger partial charge in [0.05, 0.1) is 0 Å². The Kier molecular flexibility index (Phi) is 5.31. The third-order valence-electron chi connectivity index (χ3n) is 3.17. The molecule has 0 saturated carbocycles. The molecule has 5 heteroatoms. The number of halogens is 1. The van der Waals surface area contributed by atoms with Crippen LogP contribution in [0.2, 0.25) is 0 Å². The van der Waals surface area contributed by atoms with Gasteiger partial charge in [-0.2, -0.15) is 0 Å². The topological polar surface area (TPSA) is 46.3 Å². The average Bonchev–Trinajstić information content (AvgIpc) is 2.50. The largest absolute Gasteiger partial charge is 0.398 e. The fourth-order valence-corrected chi connectivity index (χ4v) is 2.63. The van der Waals surface area contributed by atoms with E-state index in [2.05, 4.69) is 28.1 Å². The summed E-state index contributed by atoms with van der Waals surface area (Å²) in [6.45, 7) is 0.573. The molecule has 0 aliphatic carbocycles. The summed E-state index contributed by atoms with van der Waals surface area (Å²) in [7, 11) is 1.79. The predicted molar refractivity (Wildman–Crippen MR) is 92.6 cm³/mol. The number of benzene rings is 2. The number of thioether (sulfide) groups is 1. The highest BCUT2D eigenvalue weighted by molar-refractivity contribution is 9.10. The van der Waals surface area contributed by atoms with E-state index in [4.69, 9.17) is 5.73 Å². The number of carbonyl (C=O) groups excluding carboxylic acids is 1. The van der Waals surface area contributed by atoms with Crippen LogP contribution in [-0.4, -0.2) is 24.1 Å². The summed E-state index contributed by atoms with van der Waals surface area (Å²) in [6, 6.07) is 13.5. The van der Waals surface area contributed by atoms with Crippen LogP contribution in [0.1, 0.15) is 15.9 Å². The van der Waals surface area contributed by atoms with Gasteiger partial charge in [0.25, 0.3) is 5.91 Å². The van der Waals surface area contributed by atoms with Crippen molar-refractivity contribution in [2.75, 3.05) is 19.0 Å². The second-order valence-electron chi connectivity index (χ2n) is 4.75. The van der Waals surface area contributed by atoms with Crippen LogP contribution >= 0.6 is 27.7 Å². The van der Waals surface area contributed by atoms with Crippen molar-refractivity contribution in [1.29, 1.82) is 0 Å². The lowest BCUT2D eigenvalue weighted by atomic mass is 10.1. The second kappa shape index (κ2) is 7.00. The average molecular weight is 365 g/mol. The molecule has 0 aromatic heterocycles. The van der Waals surface area contributed by atoms with Crippen molar-refractivity contribution < 1.29 is 4.79 Å². The molecule has 1 amide bonds. The molecule has 2 aromatic carbocycles. The summed E-state index contributed by atoms with van der Waals surface area (Å²) < 4.78 is 0.800. The highest BCUT2D eigenvalue weighted by Crippen LogP contribution is 2.21. The molecular formula is C16H17BrN2OS. The number of nitrogen functional groups attached to an aromatic ring is 1. The Balaban J connectivity index is 2.09. The summed E-state index contributed by atoms with van der Waals surface area (Å²) in [4.78, 5) is 15.3. The molecule has 0 radical (unpaired) electrons. The Morgan fingerprint density at radius 3 is 2.48 bits per heavy atom. The van der Waals surface area contributed by atoms with E-state index in [1.54, 1.807) is 41.9 Å². The molecular weight excluding hydrogens is 348 g/mol. The Hall–Kier alpha value is -1.46. The second-order valence-corrected chi connectivity index (χ2v) is 6.48. The van der Waals surface area contributed by atoms with E-state index in [0.717, 1.165) is 10.0 Å². The number of nitrogens with two attached hydrogens (primary N) is 1. The van der Waals surface area contributed by atoms with Gasteiger partial charge in [-0.1, -0.05) is 12.1 Å². The molecule has 3 nitrogen and oxygen atoms in total. The number of nitrogens with zero attached hydrogens (tertiary/aromatic N) is 1. The molecule has 0 aliphatic heterocycles. The van der Waals surface area contributed by atoms with Crippen LogP contribution in [0, 0.1) is 0 Å². The SMILES string of the molecule is CSc1ccc(CN(C)C(=O)c2ccc(Br)c(N)c2)cc1. The van der Waals surface area contributed by atoms with Crippen molar-refractivity contribution in [3.8, 4) is 0 Å². The van der Waals surface area contributed by atoms with E-state index in [-0.39, 0.29) is 5.91 Å². The quantitative estimate of drug-likeness (QED) is 0.658. The van der Waals surface area contributed by atoms with Gasteiger partial charge in [0, 0.05) is 34.2 Å². The highest BCUT2D eigenvalue weighted by Gasteiger charge is 2.13. The van der Waals surface area contributed by atoms with Crippen molar-refractivity contribution in [3.63, 3.8) is 0 Å². The molecule has 0 heterocycles. The van der Waals surface area contributed by atoms with Gasteiger partial charge in [-0.05, 0) is 58.1 Å². The van der Waals surface area contributed by atoms with Crippen molar-refractivity contribution >= 4 is 39.3 Å². The predicted octanol–water partition coefficient (Wildman–Crippen LogP) is 4.03. The zero-order valence-corrected chi connectivity index (χ0v) is 14.4. The lowest BCUT2D eigenvalue weighted by Crippen LogP contribution is -2.26. The van der Waals surface area contributed by atoms with Crippen LogP contribution in [-0.2, 0) is 6.54 Å².